The van der Waals surface area contributed by atoms with Crippen LogP contribution in [0.5, 0.6) is 0 Å². The van der Waals surface area contributed by atoms with Crippen LogP contribution in [0.15, 0.2) is 28.5 Å². The van der Waals surface area contributed by atoms with Crippen molar-refractivity contribution in [2.75, 3.05) is 0 Å². The average molecular weight is 259 g/mol. The van der Waals surface area contributed by atoms with Crippen LogP contribution in [0.1, 0.15) is 25.7 Å². The van der Waals surface area contributed by atoms with Crippen molar-refractivity contribution in [2.45, 2.75) is 37.7 Å². The topological polar surface area (TPSA) is 47.9 Å². The third-order valence-corrected chi connectivity index (χ3v) is 3.46. The van der Waals surface area contributed by atoms with E-state index >= 15 is 0 Å². The summed E-state index contributed by atoms with van der Waals surface area (Å²) in [5, 5.41) is 13.4. The van der Waals surface area contributed by atoms with Crippen molar-refractivity contribution in [3.8, 4) is 0 Å². The van der Waals surface area contributed by atoms with E-state index in [4.69, 9.17) is 0 Å². The lowest BCUT2D eigenvalue weighted by atomic mass is 9.92. The van der Waals surface area contributed by atoms with Crippen molar-refractivity contribution in [3.05, 3.63) is 23.4 Å². The second kappa shape index (κ2) is 3.50. The predicted octanol–water partition coefficient (Wildman–Crippen LogP) is 1.81. The van der Waals surface area contributed by atoms with Crippen LogP contribution in [0, 0.1) is 0 Å². The van der Waals surface area contributed by atoms with Crippen molar-refractivity contribution >= 4 is 5.84 Å². The Labute approximate surface area is 101 Å². The quantitative estimate of drug-likeness (QED) is 0.697. The molecular formula is C11H12F3N3O. The third kappa shape index (κ3) is 1.40. The molecule has 0 spiro atoms. The molecule has 0 amide bonds. The summed E-state index contributed by atoms with van der Waals surface area (Å²) in [6, 6.07) is 0. The van der Waals surface area contributed by atoms with Crippen LogP contribution in [0.25, 0.3) is 0 Å². The van der Waals surface area contributed by atoms with Crippen LogP contribution < -0.4 is 5.43 Å². The normalized spacial score (nSPS) is 30.9. The smallest absolute Gasteiger partial charge is 0.346 e. The number of allylic oxidation sites excluding steroid dienone is 3. The molecule has 0 aromatic heterocycles. The second-order valence-corrected chi connectivity index (χ2v) is 4.60. The molecule has 0 radical (unpaired) electrons. The zero-order chi connectivity index (χ0) is 13.0. The minimum atomic E-state index is -4.82. The molecule has 0 fully saturated rings. The number of nitrogens with one attached hydrogen (secondary N) is 1. The first-order valence-corrected chi connectivity index (χ1v) is 5.78. The highest BCUT2D eigenvalue weighted by Crippen LogP contribution is 2.42. The van der Waals surface area contributed by atoms with Gasteiger partial charge in [-0.1, -0.05) is 6.08 Å². The maximum atomic E-state index is 13.0. The predicted molar refractivity (Wildman–Crippen MR) is 58.0 cm³/mol. The zero-order valence-electron chi connectivity index (χ0n) is 9.46. The summed E-state index contributed by atoms with van der Waals surface area (Å²) in [5.74, 6) is -3.01. The number of hydrogen-bond acceptors (Lipinski definition) is 4. The number of hydrazone groups is 1. The molecule has 1 unspecified atom stereocenters. The standard InChI is InChI=1S/C11H12F3N3O/c12-10(13,14)11(18)16-15-9-6-5-7-3-1-2-4-8(7)17(9)11/h5-6,16,18H,1-4H2. The van der Waals surface area contributed by atoms with Gasteiger partial charge in [0.25, 0.3) is 0 Å². The van der Waals surface area contributed by atoms with Gasteiger partial charge in [-0.25, -0.2) is 0 Å². The molecule has 1 aliphatic carbocycles. The van der Waals surface area contributed by atoms with Gasteiger partial charge in [-0.3, -0.25) is 10.3 Å². The molecule has 4 nitrogen and oxygen atoms in total. The van der Waals surface area contributed by atoms with Crippen LogP contribution in [0.3, 0.4) is 0 Å². The molecule has 2 aliphatic heterocycles. The Morgan fingerprint density at radius 3 is 2.72 bits per heavy atom. The first kappa shape index (κ1) is 11.6. The Kier molecular flexibility index (Phi) is 2.25. The Morgan fingerprint density at radius 2 is 2.00 bits per heavy atom. The fraction of sp³-hybridized carbons (Fsp3) is 0.545. The highest BCUT2D eigenvalue weighted by molar-refractivity contribution is 5.97. The summed E-state index contributed by atoms with van der Waals surface area (Å²) in [5.41, 5.74) is 3.18. The van der Waals surface area contributed by atoms with Gasteiger partial charge in [0.2, 0.25) is 0 Å². The van der Waals surface area contributed by atoms with Crippen LogP contribution in [0.2, 0.25) is 0 Å². The lowest BCUT2D eigenvalue weighted by Crippen LogP contribution is -2.63. The monoisotopic (exact) mass is 259 g/mol. The number of aliphatic hydroxyl groups is 1. The number of rotatable bonds is 0. The summed E-state index contributed by atoms with van der Waals surface area (Å²) < 4.78 is 39.0. The largest absolute Gasteiger partial charge is 0.460 e. The van der Waals surface area contributed by atoms with E-state index in [1.54, 1.807) is 6.08 Å². The molecule has 18 heavy (non-hydrogen) atoms. The van der Waals surface area contributed by atoms with E-state index in [0.29, 0.717) is 12.1 Å². The van der Waals surface area contributed by atoms with Crippen LogP contribution >= 0.6 is 0 Å². The fourth-order valence-corrected chi connectivity index (χ4v) is 2.56. The van der Waals surface area contributed by atoms with Gasteiger partial charge in [-0.2, -0.15) is 18.3 Å². The molecule has 2 heterocycles. The number of fused-ring (bicyclic) bond motifs is 2. The molecule has 0 saturated carbocycles. The lowest BCUT2D eigenvalue weighted by molar-refractivity contribution is -0.305. The molecule has 98 valence electrons. The van der Waals surface area contributed by atoms with Gasteiger partial charge in [0.1, 0.15) is 0 Å². The van der Waals surface area contributed by atoms with Gasteiger partial charge in [0.05, 0.1) is 0 Å². The highest BCUT2D eigenvalue weighted by Gasteiger charge is 2.63. The maximum absolute atomic E-state index is 13.0. The van der Waals surface area contributed by atoms with Crippen molar-refractivity contribution in [3.63, 3.8) is 0 Å². The Balaban J connectivity index is 2.07. The van der Waals surface area contributed by atoms with Gasteiger partial charge in [-0.15, -0.1) is 0 Å². The van der Waals surface area contributed by atoms with Gasteiger partial charge in [0, 0.05) is 5.70 Å². The van der Waals surface area contributed by atoms with Crippen molar-refractivity contribution in [1.82, 2.24) is 10.3 Å². The molecule has 1 atom stereocenters. The lowest BCUT2D eigenvalue weighted by Gasteiger charge is -2.40. The SMILES string of the molecule is OC1(C(F)(F)F)NN=C2C=CC3=C(CCCC3)N21. The summed E-state index contributed by atoms with van der Waals surface area (Å²) in [4.78, 5) is 0.876. The number of nitrogens with zero attached hydrogens (tertiary/aromatic N) is 2. The third-order valence-electron chi connectivity index (χ3n) is 3.46. The van der Waals surface area contributed by atoms with E-state index in [1.807, 2.05) is 5.43 Å². The van der Waals surface area contributed by atoms with Crippen LogP contribution in [0.4, 0.5) is 13.2 Å². The highest BCUT2D eigenvalue weighted by atomic mass is 19.4. The summed E-state index contributed by atoms with van der Waals surface area (Å²) >= 11 is 0. The molecule has 3 aliphatic rings. The molecule has 0 aromatic rings. The van der Waals surface area contributed by atoms with Crippen molar-refractivity contribution < 1.29 is 18.3 Å². The summed E-state index contributed by atoms with van der Waals surface area (Å²) in [6.45, 7) is 0. The van der Waals surface area contributed by atoms with Gasteiger partial charge in [-0.05, 0) is 37.3 Å². The Bertz CT molecular complexity index is 480. The van der Waals surface area contributed by atoms with Crippen LogP contribution in [-0.2, 0) is 0 Å². The maximum Gasteiger partial charge on any atom is 0.460 e. The first-order valence-electron chi connectivity index (χ1n) is 5.78. The van der Waals surface area contributed by atoms with E-state index in [0.717, 1.165) is 29.7 Å². The van der Waals surface area contributed by atoms with Gasteiger partial charge in [0.15, 0.2) is 5.84 Å². The average Bonchev–Trinajstić information content (AvgIpc) is 2.68. The molecule has 0 bridgehead atoms. The molecule has 2 N–H and O–H groups in total. The fourth-order valence-electron chi connectivity index (χ4n) is 2.56. The van der Waals surface area contributed by atoms with Crippen molar-refractivity contribution in [1.29, 1.82) is 0 Å². The summed E-state index contributed by atoms with van der Waals surface area (Å²) in [7, 11) is 0. The summed E-state index contributed by atoms with van der Waals surface area (Å²) in [6.07, 6.45) is 1.52. The van der Waals surface area contributed by atoms with E-state index in [2.05, 4.69) is 5.10 Å². The Hall–Kier alpha value is -1.50. The van der Waals surface area contributed by atoms with E-state index in [-0.39, 0.29) is 5.84 Å². The molecule has 3 rings (SSSR count). The van der Waals surface area contributed by atoms with Crippen LogP contribution in [-0.4, -0.2) is 27.9 Å². The number of halogens is 3. The molecule has 0 aromatic carbocycles. The molecular weight excluding hydrogens is 247 g/mol. The number of alkyl halides is 3. The van der Waals surface area contributed by atoms with E-state index in [9.17, 15) is 18.3 Å². The number of amidine groups is 1. The van der Waals surface area contributed by atoms with E-state index in [1.165, 1.54) is 6.08 Å². The minimum Gasteiger partial charge on any atom is -0.346 e. The van der Waals surface area contributed by atoms with Gasteiger partial charge < -0.3 is 5.11 Å². The molecule has 7 heteroatoms. The van der Waals surface area contributed by atoms with Crippen molar-refractivity contribution in [2.24, 2.45) is 5.10 Å². The van der Waals surface area contributed by atoms with E-state index < -0.39 is 12.0 Å². The Morgan fingerprint density at radius 1 is 1.28 bits per heavy atom. The first-order chi connectivity index (χ1) is 8.43. The minimum absolute atomic E-state index is 0.107. The molecule has 0 saturated heterocycles. The number of hydrogen-bond donors (Lipinski definition) is 2. The zero-order valence-corrected chi connectivity index (χ0v) is 9.46. The van der Waals surface area contributed by atoms with Gasteiger partial charge >= 0.3 is 12.0 Å². The second-order valence-electron chi connectivity index (χ2n) is 4.60.